The van der Waals surface area contributed by atoms with Crippen molar-refractivity contribution in [3.05, 3.63) is 33.0 Å². The summed E-state index contributed by atoms with van der Waals surface area (Å²) >= 11 is 18.3. The van der Waals surface area contributed by atoms with Crippen molar-refractivity contribution >= 4 is 35.4 Å². The van der Waals surface area contributed by atoms with E-state index in [9.17, 15) is 0 Å². The molecule has 1 aliphatic heterocycles. The van der Waals surface area contributed by atoms with E-state index in [1.807, 2.05) is 16.8 Å². The number of hydrogen-bond acceptors (Lipinski definition) is 4. The SMILES string of the molecule is COC1CCN(Cn2nc(-c3ccc(Cl)cc3Cl)n(CC(C)C)c2=S)CC1. The Balaban J connectivity index is 1.92. The average molecular weight is 429 g/mol. The van der Waals surface area contributed by atoms with Gasteiger partial charge in [0.15, 0.2) is 10.6 Å². The number of hydrogen-bond donors (Lipinski definition) is 0. The molecule has 8 heteroatoms. The van der Waals surface area contributed by atoms with Crippen LogP contribution in [-0.4, -0.2) is 45.6 Å². The molecule has 5 nitrogen and oxygen atoms in total. The fraction of sp³-hybridized carbons (Fsp3) is 0.579. The third-order valence-corrected chi connectivity index (χ3v) is 5.82. The number of halogens is 2. The molecule has 0 radical (unpaired) electrons. The van der Waals surface area contributed by atoms with E-state index in [0.717, 1.165) is 48.6 Å². The smallest absolute Gasteiger partial charge is 0.199 e. The van der Waals surface area contributed by atoms with Crippen molar-refractivity contribution in [1.29, 1.82) is 0 Å². The second-order valence-corrected chi connectivity index (χ2v) is 8.64. The predicted octanol–water partition coefficient (Wildman–Crippen LogP) is 5.11. The summed E-state index contributed by atoms with van der Waals surface area (Å²) in [6.45, 7) is 7.77. The van der Waals surface area contributed by atoms with Crippen LogP contribution < -0.4 is 0 Å². The number of rotatable bonds is 6. The minimum Gasteiger partial charge on any atom is -0.381 e. The summed E-state index contributed by atoms with van der Waals surface area (Å²) in [6.07, 6.45) is 2.43. The molecule has 3 rings (SSSR count). The van der Waals surface area contributed by atoms with Crippen molar-refractivity contribution in [2.24, 2.45) is 5.92 Å². The summed E-state index contributed by atoms with van der Waals surface area (Å²) < 4.78 is 10.2. The fourth-order valence-corrected chi connectivity index (χ4v) is 4.16. The van der Waals surface area contributed by atoms with Gasteiger partial charge in [0.05, 0.1) is 17.8 Å². The van der Waals surface area contributed by atoms with Crippen molar-refractivity contribution < 1.29 is 4.74 Å². The first-order valence-electron chi connectivity index (χ1n) is 9.27. The molecule has 2 heterocycles. The second kappa shape index (κ2) is 9.05. The normalized spacial score (nSPS) is 16.4. The lowest BCUT2D eigenvalue weighted by Gasteiger charge is -2.30. The highest BCUT2D eigenvalue weighted by atomic mass is 35.5. The van der Waals surface area contributed by atoms with Gasteiger partial charge in [-0.1, -0.05) is 37.0 Å². The van der Waals surface area contributed by atoms with Crippen LogP contribution in [0.3, 0.4) is 0 Å². The Morgan fingerprint density at radius 1 is 1.26 bits per heavy atom. The standard InChI is InChI=1S/C19H26Cl2N4OS/c1-13(2)11-24-18(16-5-4-14(20)10-17(16)21)22-25(19(24)27)12-23-8-6-15(26-3)7-9-23/h4-5,10,13,15H,6-9,11-12H2,1-3H3. The van der Waals surface area contributed by atoms with E-state index in [1.165, 1.54) is 0 Å². The molecule has 1 saturated heterocycles. The zero-order valence-electron chi connectivity index (χ0n) is 16.0. The molecule has 1 aromatic heterocycles. The van der Waals surface area contributed by atoms with Crippen LogP contribution in [0.15, 0.2) is 18.2 Å². The molecule has 0 N–H and O–H groups in total. The van der Waals surface area contributed by atoms with E-state index in [4.69, 9.17) is 45.3 Å². The number of piperidine rings is 1. The highest BCUT2D eigenvalue weighted by Crippen LogP contribution is 2.30. The van der Waals surface area contributed by atoms with Gasteiger partial charge >= 0.3 is 0 Å². The quantitative estimate of drug-likeness (QED) is 0.598. The Labute approximate surface area is 175 Å². The fourth-order valence-electron chi connectivity index (χ4n) is 3.41. The summed E-state index contributed by atoms with van der Waals surface area (Å²) in [5.74, 6) is 1.23. The van der Waals surface area contributed by atoms with Crippen molar-refractivity contribution in [2.45, 2.75) is 46.0 Å². The maximum atomic E-state index is 6.45. The summed E-state index contributed by atoms with van der Waals surface area (Å²) in [6, 6.07) is 5.49. The monoisotopic (exact) mass is 428 g/mol. The zero-order chi connectivity index (χ0) is 19.6. The van der Waals surface area contributed by atoms with Crippen LogP contribution in [0, 0.1) is 10.7 Å². The van der Waals surface area contributed by atoms with Crippen LogP contribution in [0.25, 0.3) is 11.4 Å². The van der Waals surface area contributed by atoms with E-state index in [-0.39, 0.29) is 0 Å². The van der Waals surface area contributed by atoms with Gasteiger partial charge in [0.25, 0.3) is 0 Å². The van der Waals surface area contributed by atoms with Gasteiger partial charge in [-0.05, 0) is 49.2 Å². The van der Waals surface area contributed by atoms with Crippen molar-refractivity contribution in [3.63, 3.8) is 0 Å². The third kappa shape index (κ3) is 4.93. The molecule has 27 heavy (non-hydrogen) atoms. The van der Waals surface area contributed by atoms with E-state index >= 15 is 0 Å². The van der Waals surface area contributed by atoms with Crippen molar-refractivity contribution in [2.75, 3.05) is 20.2 Å². The molecule has 1 aliphatic rings. The first-order chi connectivity index (χ1) is 12.9. The van der Waals surface area contributed by atoms with Gasteiger partial charge in [-0.2, -0.15) is 5.10 Å². The molecule has 0 spiro atoms. The van der Waals surface area contributed by atoms with Crippen LogP contribution in [0.4, 0.5) is 0 Å². The van der Waals surface area contributed by atoms with Crippen LogP contribution in [-0.2, 0) is 18.0 Å². The minimum atomic E-state index is 0.358. The molecule has 1 fully saturated rings. The molecule has 0 aliphatic carbocycles. The second-order valence-electron chi connectivity index (χ2n) is 7.43. The lowest BCUT2D eigenvalue weighted by atomic mass is 10.1. The van der Waals surface area contributed by atoms with E-state index in [1.54, 1.807) is 13.2 Å². The average Bonchev–Trinajstić information content (AvgIpc) is 2.91. The Hall–Kier alpha value is -0.920. The minimum absolute atomic E-state index is 0.358. The Morgan fingerprint density at radius 2 is 1.96 bits per heavy atom. The molecule has 2 aromatic rings. The van der Waals surface area contributed by atoms with Gasteiger partial charge in [-0.25, -0.2) is 4.68 Å². The van der Waals surface area contributed by atoms with Crippen molar-refractivity contribution in [1.82, 2.24) is 19.2 Å². The van der Waals surface area contributed by atoms with Crippen LogP contribution in [0.2, 0.25) is 10.0 Å². The van der Waals surface area contributed by atoms with Gasteiger partial charge < -0.3 is 4.74 Å². The molecular formula is C19H26Cl2N4OS. The lowest BCUT2D eigenvalue weighted by molar-refractivity contribution is 0.0301. The number of methoxy groups -OCH3 is 1. The van der Waals surface area contributed by atoms with Crippen molar-refractivity contribution in [3.8, 4) is 11.4 Å². The zero-order valence-corrected chi connectivity index (χ0v) is 18.3. The number of nitrogens with zero attached hydrogens (tertiary/aromatic N) is 4. The predicted molar refractivity (Wildman–Crippen MR) is 113 cm³/mol. The number of benzene rings is 1. The molecule has 1 aromatic carbocycles. The number of likely N-dealkylation sites (tertiary alicyclic amines) is 1. The van der Waals surface area contributed by atoms with Crippen LogP contribution in [0.5, 0.6) is 0 Å². The van der Waals surface area contributed by atoms with Gasteiger partial charge in [0.1, 0.15) is 0 Å². The summed E-state index contributed by atoms with van der Waals surface area (Å²) in [7, 11) is 1.78. The summed E-state index contributed by atoms with van der Waals surface area (Å²) in [5.41, 5.74) is 0.852. The number of ether oxygens (including phenoxy) is 1. The summed E-state index contributed by atoms with van der Waals surface area (Å²) in [4.78, 5) is 2.37. The van der Waals surface area contributed by atoms with Crippen LogP contribution >= 0.6 is 35.4 Å². The first kappa shape index (κ1) is 20.8. The molecular weight excluding hydrogens is 403 g/mol. The van der Waals surface area contributed by atoms with Gasteiger partial charge in [-0.3, -0.25) is 9.47 Å². The first-order valence-corrected chi connectivity index (χ1v) is 10.4. The summed E-state index contributed by atoms with van der Waals surface area (Å²) in [5, 5.41) is 6.03. The maximum Gasteiger partial charge on any atom is 0.199 e. The highest BCUT2D eigenvalue weighted by molar-refractivity contribution is 7.71. The molecule has 148 valence electrons. The van der Waals surface area contributed by atoms with Gasteiger partial charge in [0.2, 0.25) is 0 Å². The van der Waals surface area contributed by atoms with E-state index < -0.39 is 0 Å². The van der Waals surface area contributed by atoms with Gasteiger partial charge in [-0.15, -0.1) is 0 Å². The van der Waals surface area contributed by atoms with Crippen LogP contribution in [0.1, 0.15) is 26.7 Å². The highest BCUT2D eigenvalue weighted by Gasteiger charge is 2.21. The third-order valence-electron chi connectivity index (χ3n) is 4.84. The molecule has 0 saturated carbocycles. The molecule has 0 amide bonds. The van der Waals surface area contributed by atoms with Gasteiger partial charge in [0, 0.05) is 37.3 Å². The Morgan fingerprint density at radius 3 is 2.56 bits per heavy atom. The maximum absolute atomic E-state index is 6.45. The van der Waals surface area contributed by atoms with E-state index in [2.05, 4.69) is 23.3 Å². The lowest BCUT2D eigenvalue weighted by Crippen LogP contribution is -2.38. The molecule has 0 bridgehead atoms. The topological polar surface area (TPSA) is 35.2 Å². The number of aromatic nitrogens is 3. The molecule has 0 atom stereocenters. The van der Waals surface area contributed by atoms with E-state index in [0.29, 0.717) is 28.7 Å². The Kier molecular flexibility index (Phi) is 6.98. The molecule has 0 unspecified atom stereocenters. The largest absolute Gasteiger partial charge is 0.381 e. The Bertz CT molecular complexity index is 841.